The van der Waals surface area contributed by atoms with E-state index in [1.165, 1.54) is 0 Å². The number of rotatable bonds is 5. The lowest BCUT2D eigenvalue weighted by molar-refractivity contribution is -0.127. The average molecular weight is 313 g/mol. The molecule has 1 aromatic carbocycles. The minimum atomic E-state index is -0.196. The van der Waals surface area contributed by atoms with Gasteiger partial charge in [0.2, 0.25) is 5.91 Å². The first-order valence-electron chi connectivity index (χ1n) is 8.18. The topological polar surface area (TPSA) is 56.1 Å². The van der Waals surface area contributed by atoms with Crippen molar-refractivity contribution in [3.05, 3.63) is 53.9 Å². The minimum Gasteiger partial charge on any atom is -0.373 e. The highest BCUT2D eigenvalue weighted by Gasteiger charge is 2.36. The molecular formula is C18H23N3O2. The van der Waals surface area contributed by atoms with E-state index >= 15 is 0 Å². The predicted octanol–water partition coefficient (Wildman–Crippen LogP) is 2.86. The lowest BCUT2D eigenvalue weighted by Crippen LogP contribution is -2.34. The predicted molar refractivity (Wildman–Crippen MR) is 87.7 cm³/mol. The maximum absolute atomic E-state index is 12.7. The zero-order valence-electron chi connectivity index (χ0n) is 13.6. The molecule has 0 unspecified atom stereocenters. The first-order chi connectivity index (χ1) is 11.2. The zero-order chi connectivity index (χ0) is 16.2. The Morgan fingerprint density at radius 1 is 1.43 bits per heavy atom. The second kappa shape index (κ2) is 6.96. The van der Waals surface area contributed by atoms with Gasteiger partial charge in [-0.2, -0.15) is 5.10 Å². The van der Waals surface area contributed by atoms with Gasteiger partial charge in [0, 0.05) is 24.9 Å². The van der Waals surface area contributed by atoms with E-state index in [0.29, 0.717) is 6.61 Å². The Bertz CT molecular complexity index is 653. The van der Waals surface area contributed by atoms with Gasteiger partial charge in [-0.15, -0.1) is 0 Å². The summed E-state index contributed by atoms with van der Waals surface area (Å²) in [6.45, 7) is 5.47. The van der Waals surface area contributed by atoms with Crippen LogP contribution in [0.25, 0.3) is 0 Å². The number of aryl methyl sites for hydroxylation is 1. The third-order valence-corrected chi connectivity index (χ3v) is 4.39. The largest absolute Gasteiger partial charge is 0.373 e. The van der Waals surface area contributed by atoms with Gasteiger partial charge in [0.05, 0.1) is 24.3 Å². The number of ether oxygens (including phenoxy) is 1. The molecule has 0 radical (unpaired) electrons. The van der Waals surface area contributed by atoms with Crippen molar-refractivity contribution in [2.45, 2.75) is 39.0 Å². The molecule has 3 atom stereocenters. The fraction of sp³-hybridized carbons (Fsp3) is 0.444. The number of carbonyl (C=O) groups is 1. The van der Waals surface area contributed by atoms with Crippen molar-refractivity contribution in [3.8, 4) is 0 Å². The van der Waals surface area contributed by atoms with E-state index in [9.17, 15) is 4.79 Å². The highest BCUT2D eigenvalue weighted by molar-refractivity contribution is 5.80. The molecule has 5 nitrogen and oxygen atoms in total. The molecule has 2 aromatic rings. The summed E-state index contributed by atoms with van der Waals surface area (Å²) >= 11 is 0. The number of nitrogens with one attached hydrogen (secondary N) is 1. The molecule has 1 N–H and O–H groups in total. The number of hydrogen-bond donors (Lipinski definition) is 1. The first-order valence-corrected chi connectivity index (χ1v) is 8.18. The summed E-state index contributed by atoms with van der Waals surface area (Å²) in [6.07, 6.45) is 4.32. The van der Waals surface area contributed by atoms with Crippen molar-refractivity contribution in [1.82, 2.24) is 15.1 Å². The van der Waals surface area contributed by atoms with Gasteiger partial charge in [-0.25, -0.2) is 0 Å². The van der Waals surface area contributed by atoms with Gasteiger partial charge in [0.1, 0.15) is 0 Å². The smallest absolute Gasteiger partial charge is 0.226 e. The van der Waals surface area contributed by atoms with Crippen LogP contribution in [0.5, 0.6) is 0 Å². The Labute approximate surface area is 136 Å². The molecule has 23 heavy (non-hydrogen) atoms. The van der Waals surface area contributed by atoms with Crippen molar-refractivity contribution < 1.29 is 9.53 Å². The number of carbonyl (C=O) groups excluding carboxylic acids is 1. The van der Waals surface area contributed by atoms with Gasteiger partial charge >= 0.3 is 0 Å². The fourth-order valence-electron chi connectivity index (χ4n) is 3.03. The first kappa shape index (κ1) is 15.7. The third kappa shape index (κ3) is 3.45. The highest BCUT2D eigenvalue weighted by Crippen LogP contribution is 2.34. The minimum absolute atomic E-state index is 0.0108. The number of amides is 1. The molecule has 1 aromatic heterocycles. The van der Waals surface area contributed by atoms with E-state index in [1.807, 2.05) is 55.1 Å². The lowest BCUT2D eigenvalue weighted by atomic mass is 9.95. The van der Waals surface area contributed by atoms with Crippen LogP contribution in [0.3, 0.4) is 0 Å². The molecule has 1 aliphatic rings. The molecule has 1 amide bonds. The maximum atomic E-state index is 12.7. The van der Waals surface area contributed by atoms with Crippen molar-refractivity contribution in [2.75, 3.05) is 6.61 Å². The summed E-state index contributed by atoms with van der Waals surface area (Å²) in [4.78, 5) is 12.7. The monoisotopic (exact) mass is 313 g/mol. The fourth-order valence-corrected chi connectivity index (χ4v) is 3.03. The van der Waals surface area contributed by atoms with Gasteiger partial charge in [-0.3, -0.25) is 9.48 Å². The quantitative estimate of drug-likeness (QED) is 0.923. The van der Waals surface area contributed by atoms with E-state index in [-0.39, 0.29) is 24.0 Å². The Morgan fingerprint density at radius 3 is 2.91 bits per heavy atom. The molecule has 1 fully saturated rings. The van der Waals surface area contributed by atoms with E-state index in [2.05, 4.69) is 10.4 Å². The Morgan fingerprint density at radius 2 is 2.22 bits per heavy atom. The van der Waals surface area contributed by atoms with Gasteiger partial charge in [-0.1, -0.05) is 30.3 Å². The van der Waals surface area contributed by atoms with E-state index in [4.69, 9.17) is 4.74 Å². The highest BCUT2D eigenvalue weighted by atomic mass is 16.5. The standard InChI is InChI=1S/C18H23N3O2/c1-3-21-12-15(11-19-21)17-16(9-10-23-17)18(22)20-13(2)14-7-5-4-6-8-14/h4-8,11-13,16-17H,3,9-10H2,1-2H3,(H,20,22)/t13-,16+,17-/m1/s1. The van der Waals surface area contributed by atoms with Crippen LogP contribution in [0, 0.1) is 5.92 Å². The van der Waals surface area contributed by atoms with Crippen molar-refractivity contribution >= 4 is 5.91 Å². The van der Waals surface area contributed by atoms with Crippen LogP contribution < -0.4 is 5.32 Å². The number of aromatic nitrogens is 2. The van der Waals surface area contributed by atoms with Gasteiger partial charge in [0.25, 0.3) is 0 Å². The molecule has 0 bridgehead atoms. The van der Waals surface area contributed by atoms with Crippen LogP contribution in [-0.4, -0.2) is 22.3 Å². The summed E-state index contributed by atoms with van der Waals surface area (Å²) < 4.78 is 7.66. The average Bonchev–Trinajstić information content (AvgIpc) is 3.24. The Kier molecular flexibility index (Phi) is 4.76. The summed E-state index contributed by atoms with van der Waals surface area (Å²) in [5.41, 5.74) is 2.09. The van der Waals surface area contributed by atoms with Crippen molar-refractivity contribution in [3.63, 3.8) is 0 Å². The maximum Gasteiger partial charge on any atom is 0.226 e. The normalized spacial score (nSPS) is 22.0. The molecule has 122 valence electrons. The molecule has 0 aliphatic carbocycles. The van der Waals surface area contributed by atoms with Crippen LogP contribution in [0.1, 0.15) is 43.5 Å². The summed E-state index contributed by atoms with van der Waals surface area (Å²) in [5, 5.41) is 7.40. The van der Waals surface area contributed by atoms with Crippen LogP contribution >= 0.6 is 0 Å². The molecule has 1 aliphatic heterocycles. The SMILES string of the molecule is CCn1cc([C@H]2OCC[C@@H]2C(=O)N[C@H](C)c2ccccc2)cn1. The van der Waals surface area contributed by atoms with Crippen LogP contribution in [0.15, 0.2) is 42.7 Å². The van der Waals surface area contributed by atoms with Gasteiger partial charge in [-0.05, 0) is 25.8 Å². The number of nitrogens with zero attached hydrogens (tertiary/aromatic N) is 2. The molecule has 3 rings (SSSR count). The number of benzene rings is 1. The lowest BCUT2D eigenvalue weighted by Gasteiger charge is -2.20. The molecule has 2 heterocycles. The summed E-state index contributed by atoms with van der Waals surface area (Å²) in [6, 6.07) is 9.99. The number of hydrogen-bond acceptors (Lipinski definition) is 3. The third-order valence-electron chi connectivity index (χ3n) is 4.39. The van der Waals surface area contributed by atoms with Gasteiger partial charge < -0.3 is 10.1 Å². The van der Waals surface area contributed by atoms with Gasteiger partial charge in [0.15, 0.2) is 0 Å². The Balaban J connectivity index is 1.68. The zero-order valence-corrected chi connectivity index (χ0v) is 13.6. The van der Waals surface area contributed by atoms with Crippen molar-refractivity contribution in [2.24, 2.45) is 5.92 Å². The summed E-state index contributed by atoms with van der Waals surface area (Å²) in [7, 11) is 0. The molecular weight excluding hydrogens is 290 g/mol. The molecule has 1 saturated heterocycles. The molecule has 0 spiro atoms. The van der Waals surface area contributed by atoms with Crippen LogP contribution in [-0.2, 0) is 16.1 Å². The van der Waals surface area contributed by atoms with E-state index in [1.54, 1.807) is 6.20 Å². The Hall–Kier alpha value is -2.14. The van der Waals surface area contributed by atoms with E-state index < -0.39 is 0 Å². The van der Waals surface area contributed by atoms with E-state index in [0.717, 1.165) is 24.1 Å². The second-order valence-electron chi connectivity index (χ2n) is 5.96. The second-order valence-corrected chi connectivity index (χ2v) is 5.96. The van der Waals surface area contributed by atoms with Crippen molar-refractivity contribution in [1.29, 1.82) is 0 Å². The van der Waals surface area contributed by atoms with Crippen LogP contribution in [0.2, 0.25) is 0 Å². The van der Waals surface area contributed by atoms with Crippen LogP contribution in [0.4, 0.5) is 0 Å². The molecule has 5 heteroatoms. The summed E-state index contributed by atoms with van der Waals surface area (Å²) in [5.74, 6) is -0.108. The molecule has 0 saturated carbocycles.